The number of carbonyl (C=O) groups is 1. The molecule has 1 aliphatic heterocycles. The number of aryl methyl sites for hydroxylation is 3. The van der Waals surface area contributed by atoms with E-state index in [4.69, 9.17) is 0 Å². The average molecular weight is 382 g/mol. The van der Waals surface area contributed by atoms with Gasteiger partial charge in [-0.15, -0.1) is 11.3 Å². The Balaban J connectivity index is 1.94. The molecule has 1 unspecified atom stereocenters. The van der Waals surface area contributed by atoms with Gasteiger partial charge in [-0.2, -0.15) is 5.10 Å². The lowest BCUT2D eigenvalue weighted by Crippen LogP contribution is -2.45. The zero-order valence-electron chi connectivity index (χ0n) is 14.7. The molecule has 136 valence electrons. The fourth-order valence-electron chi connectivity index (χ4n) is 3.17. The first-order valence-corrected chi connectivity index (χ1v) is 11.1. The van der Waals surface area contributed by atoms with Crippen molar-refractivity contribution < 1.29 is 13.2 Å². The predicted octanol–water partition coefficient (Wildman–Crippen LogP) is 2.45. The number of aromatic nitrogens is 2. The van der Waals surface area contributed by atoms with Crippen LogP contribution in [0.5, 0.6) is 0 Å². The Morgan fingerprint density at radius 3 is 2.76 bits per heavy atom. The zero-order valence-corrected chi connectivity index (χ0v) is 16.4. The van der Waals surface area contributed by atoms with E-state index >= 15 is 0 Å². The van der Waals surface area contributed by atoms with Gasteiger partial charge in [0.25, 0.3) is 5.91 Å². The highest BCUT2D eigenvalue weighted by molar-refractivity contribution is 7.91. The summed E-state index contributed by atoms with van der Waals surface area (Å²) in [5, 5.41) is 4.24. The van der Waals surface area contributed by atoms with E-state index in [1.54, 1.807) is 15.8 Å². The minimum atomic E-state index is -3.16. The summed E-state index contributed by atoms with van der Waals surface area (Å²) in [7, 11) is -3.16. The maximum atomic E-state index is 13.1. The largest absolute Gasteiger partial charge is 0.329 e. The molecule has 3 heterocycles. The highest BCUT2D eigenvalue weighted by atomic mass is 32.2. The van der Waals surface area contributed by atoms with Crippen LogP contribution in [0.3, 0.4) is 0 Å². The molecular formula is C17H23N3O3S2. The summed E-state index contributed by atoms with van der Waals surface area (Å²) >= 11 is 1.51. The maximum absolute atomic E-state index is 13.1. The maximum Gasteiger partial charge on any atom is 0.264 e. The van der Waals surface area contributed by atoms with E-state index in [1.165, 1.54) is 16.2 Å². The second-order valence-corrected chi connectivity index (χ2v) is 9.69. The molecule has 0 N–H and O–H groups in total. The van der Waals surface area contributed by atoms with Crippen LogP contribution in [-0.2, 0) is 22.8 Å². The molecule has 6 nitrogen and oxygen atoms in total. The Morgan fingerprint density at radius 1 is 1.40 bits per heavy atom. The van der Waals surface area contributed by atoms with Gasteiger partial charge >= 0.3 is 0 Å². The smallest absolute Gasteiger partial charge is 0.264 e. The first kappa shape index (κ1) is 18.1. The van der Waals surface area contributed by atoms with Crippen molar-refractivity contribution in [3.8, 4) is 0 Å². The topological polar surface area (TPSA) is 72.3 Å². The van der Waals surface area contributed by atoms with Crippen LogP contribution in [-0.4, -0.2) is 47.1 Å². The summed E-state index contributed by atoms with van der Waals surface area (Å²) in [6.07, 6.45) is 4.40. The number of hydrogen-bond donors (Lipinski definition) is 0. The van der Waals surface area contributed by atoms with Crippen LogP contribution in [0.1, 0.15) is 45.6 Å². The third kappa shape index (κ3) is 3.64. The molecule has 0 spiro atoms. The average Bonchev–Trinajstić information content (AvgIpc) is 3.19. The van der Waals surface area contributed by atoms with Gasteiger partial charge < -0.3 is 4.90 Å². The molecule has 3 rings (SSSR count). The fourth-order valence-corrected chi connectivity index (χ4v) is 5.73. The first-order chi connectivity index (χ1) is 11.8. The van der Waals surface area contributed by atoms with E-state index < -0.39 is 15.9 Å². The van der Waals surface area contributed by atoms with Crippen LogP contribution >= 0.6 is 11.3 Å². The number of thiophene rings is 1. The van der Waals surface area contributed by atoms with Crippen LogP contribution in [0, 0.1) is 6.92 Å². The molecule has 1 fully saturated rings. The molecular weight excluding hydrogens is 358 g/mol. The lowest BCUT2D eigenvalue weighted by Gasteiger charge is -2.34. The monoisotopic (exact) mass is 381 g/mol. The molecule has 1 amide bonds. The molecule has 0 radical (unpaired) electrons. The summed E-state index contributed by atoms with van der Waals surface area (Å²) in [6.45, 7) is 6.98. The van der Waals surface area contributed by atoms with E-state index in [0.717, 1.165) is 17.5 Å². The minimum absolute atomic E-state index is 0.0160. The summed E-state index contributed by atoms with van der Waals surface area (Å²) in [4.78, 5) is 16.6. The van der Waals surface area contributed by atoms with Gasteiger partial charge in [0.15, 0.2) is 9.84 Å². The van der Waals surface area contributed by atoms with E-state index in [9.17, 15) is 13.2 Å². The van der Waals surface area contributed by atoms with E-state index in [0.29, 0.717) is 11.4 Å². The van der Waals surface area contributed by atoms with Crippen LogP contribution in [0.25, 0.3) is 0 Å². The zero-order chi connectivity index (χ0) is 18.2. The van der Waals surface area contributed by atoms with Crippen molar-refractivity contribution in [2.45, 2.75) is 39.8 Å². The van der Waals surface area contributed by atoms with Gasteiger partial charge in [0.2, 0.25) is 0 Å². The third-order valence-corrected chi connectivity index (χ3v) is 7.60. The second kappa shape index (κ2) is 6.92. The molecule has 0 aromatic carbocycles. The van der Waals surface area contributed by atoms with Crippen LogP contribution in [0.4, 0.5) is 0 Å². The quantitative estimate of drug-likeness (QED) is 0.815. The second-order valence-electron chi connectivity index (χ2n) is 6.33. The number of carbonyl (C=O) groups excluding carboxylic acids is 1. The lowest BCUT2D eigenvalue weighted by atomic mass is 10.1. The van der Waals surface area contributed by atoms with Crippen LogP contribution in [0.2, 0.25) is 0 Å². The van der Waals surface area contributed by atoms with E-state index in [1.807, 2.05) is 26.1 Å². The highest BCUT2D eigenvalue weighted by Gasteiger charge is 2.36. The summed E-state index contributed by atoms with van der Waals surface area (Å²) in [5.41, 5.74) is 1.90. The molecule has 1 saturated heterocycles. The number of nitrogens with zero attached hydrogens (tertiary/aromatic N) is 3. The Kier molecular flexibility index (Phi) is 5.02. The molecule has 2 aromatic rings. The molecule has 1 aliphatic rings. The van der Waals surface area contributed by atoms with Gasteiger partial charge in [-0.3, -0.25) is 9.48 Å². The normalized spacial score (nSPS) is 20.0. The van der Waals surface area contributed by atoms with Gasteiger partial charge in [-0.25, -0.2) is 8.42 Å². The number of hydrogen-bond acceptors (Lipinski definition) is 5. The number of rotatable bonds is 4. The molecule has 0 saturated carbocycles. The van der Waals surface area contributed by atoms with Crippen molar-refractivity contribution in [2.75, 3.05) is 18.1 Å². The van der Waals surface area contributed by atoms with Gasteiger partial charge in [0.1, 0.15) is 0 Å². The Hall–Kier alpha value is -1.67. The van der Waals surface area contributed by atoms with Gasteiger partial charge in [0, 0.05) is 29.7 Å². The fraction of sp³-hybridized carbons (Fsp3) is 0.529. The SMILES string of the molecule is CCc1sc(C(=O)N2CCS(=O)(=O)CC2c2cnn(CC)c2)cc1C. The molecule has 25 heavy (non-hydrogen) atoms. The highest BCUT2D eigenvalue weighted by Crippen LogP contribution is 2.31. The Bertz CT molecular complexity index is 883. The van der Waals surface area contributed by atoms with Crippen LogP contribution < -0.4 is 0 Å². The molecule has 0 aliphatic carbocycles. The van der Waals surface area contributed by atoms with Crippen molar-refractivity contribution in [2.24, 2.45) is 0 Å². The minimum Gasteiger partial charge on any atom is -0.329 e. The summed E-state index contributed by atoms with van der Waals surface area (Å²) in [5.74, 6) is -0.113. The number of sulfone groups is 1. The molecule has 1 atom stereocenters. The third-order valence-electron chi connectivity index (χ3n) is 4.61. The summed E-state index contributed by atoms with van der Waals surface area (Å²) < 4.78 is 26.1. The predicted molar refractivity (Wildman–Crippen MR) is 98.8 cm³/mol. The molecule has 2 aromatic heterocycles. The van der Waals surface area contributed by atoms with Gasteiger partial charge in [-0.05, 0) is 31.9 Å². The molecule has 8 heteroatoms. The van der Waals surface area contributed by atoms with E-state index in [-0.39, 0.29) is 24.0 Å². The lowest BCUT2D eigenvalue weighted by molar-refractivity contribution is 0.0702. The summed E-state index contributed by atoms with van der Waals surface area (Å²) in [6, 6.07) is 1.45. The van der Waals surface area contributed by atoms with E-state index in [2.05, 4.69) is 12.0 Å². The van der Waals surface area contributed by atoms with Gasteiger partial charge in [-0.1, -0.05) is 6.92 Å². The number of amides is 1. The molecule has 0 bridgehead atoms. The van der Waals surface area contributed by atoms with Gasteiger partial charge in [0.05, 0.1) is 28.6 Å². The Labute approximate surface area is 152 Å². The Morgan fingerprint density at radius 2 is 2.16 bits per heavy atom. The van der Waals surface area contributed by atoms with Crippen molar-refractivity contribution in [1.82, 2.24) is 14.7 Å². The first-order valence-electron chi connectivity index (χ1n) is 8.47. The van der Waals surface area contributed by atoms with Crippen molar-refractivity contribution in [1.29, 1.82) is 0 Å². The van der Waals surface area contributed by atoms with Crippen molar-refractivity contribution >= 4 is 27.1 Å². The standard InChI is InChI=1S/C17H23N3O3S2/c1-4-15-12(3)8-16(24-15)17(21)20-6-7-25(22,23)11-14(20)13-9-18-19(5-2)10-13/h8-10,14H,4-7,11H2,1-3H3. The van der Waals surface area contributed by atoms with Crippen molar-refractivity contribution in [3.05, 3.63) is 39.3 Å². The van der Waals surface area contributed by atoms with Crippen LogP contribution in [0.15, 0.2) is 18.5 Å². The van der Waals surface area contributed by atoms with Crippen molar-refractivity contribution in [3.63, 3.8) is 0 Å².